The molecular formula is C16H13NO3S. The highest BCUT2D eigenvalue weighted by Gasteiger charge is 2.17. The Hall–Kier alpha value is -2.40. The number of aromatic nitrogens is 1. The molecule has 0 atom stereocenters. The summed E-state index contributed by atoms with van der Waals surface area (Å²) in [7, 11) is 1.36. The number of rotatable bonds is 4. The van der Waals surface area contributed by atoms with E-state index in [1.54, 1.807) is 0 Å². The van der Waals surface area contributed by atoms with Crippen LogP contribution in [0.2, 0.25) is 0 Å². The second-order valence-corrected chi connectivity index (χ2v) is 5.47. The molecule has 0 N–H and O–H groups in total. The van der Waals surface area contributed by atoms with Crippen LogP contribution in [-0.2, 0) is 16.0 Å². The van der Waals surface area contributed by atoms with Crippen molar-refractivity contribution in [1.29, 1.82) is 0 Å². The maximum atomic E-state index is 11.5. The summed E-state index contributed by atoms with van der Waals surface area (Å²) in [6.07, 6.45) is 0.989. The van der Waals surface area contributed by atoms with E-state index < -0.39 is 0 Å². The van der Waals surface area contributed by atoms with E-state index in [9.17, 15) is 9.59 Å². The van der Waals surface area contributed by atoms with Gasteiger partial charge in [0.2, 0.25) is 0 Å². The van der Waals surface area contributed by atoms with Crippen molar-refractivity contribution in [2.24, 2.45) is 0 Å². The Kier molecular flexibility index (Phi) is 3.58. The Morgan fingerprint density at radius 2 is 2.10 bits per heavy atom. The fourth-order valence-corrected chi connectivity index (χ4v) is 3.32. The lowest BCUT2D eigenvalue weighted by Gasteiger charge is -2.03. The van der Waals surface area contributed by atoms with E-state index in [-0.39, 0.29) is 12.4 Å². The fourth-order valence-electron chi connectivity index (χ4n) is 2.37. The largest absolute Gasteiger partial charge is 0.469 e. The van der Waals surface area contributed by atoms with Crippen LogP contribution in [0.25, 0.3) is 16.0 Å². The van der Waals surface area contributed by atoms with E-state index in [0.29, 0.717) is 5.69 Å². The highest BCUT2D eigenvalue weighted by atomic mass is 32.1. The van der Waals surface area contributed by atoms with Gasteiger partial charge in [-0.2, -0.15) is 0 Å². The van der Waals surface area contributed by atoms with Crippen molar-refractivity contribution >= 4 is 28.4 Å². The minimum Gasteiger partial charge on any atom is -0.469 e. The monoisotopic (exact) mass is 299 g/mol. The number of nitrogens with zero attached hydrogens (tertiary/aromatic N) is 1. The summed E-state index contributed by atoms with van der Waals surface area (Å²) >= 11 is 1.51. The smallest absolute Gasteiger partial charge is 0.311 e. The van der Waals surface area contributed by atoms with E-state index in [4.69, 9.17) is 4.74 Å². The second kappa shape index (κ2) is 5.54. The molecule has 0 spiro atoms. The molecule has 0 unspecified atom stereocenters. The van der Waals surface area contributed by atoms with Crippen LogP contribution in [0.4, 0.5) is 0 Å². The van der Waals surface area contributed by atoms with Gasteiger partial charge in [-0.1, -0.05) is 30.3 Å². The summed E-state index contributed by atoms with van der Waals surface area (Å²) in [5, 5.41) is 1.88. The predicted molar refractivity (Wildman–Crippen MR) is 81.8 cm³/mol. The first-order chi connectivity index (χ1) is 10.2. The molecule has 0 radical (unpaired) electrons. The fraction of sp³-hybridized carbons (Fsp3) is 0.125. The number of carbonyl (C=O) groups is 2. The molecule has 5 heteroatoms. The van der Waals surface area contributed by atoms with E-state index in [2.05, 4.69) is 0 Å². The summed E-state index contributed by atoms with van der Waals surface area (Å²) in [6, 6.07) is 11.7. The Labute approximate surface area is 125 Å². The molecular weight excluding hydrogens is 286 g/mol. The number of esters is 1. The maximum Gasteiger partial charge on any atom is 0.311 e. The Bertz CT molecular complexity index is 802. The molecule has 0 saturated carbocycles. The molecule has 2 heterocycles. The van der Waals surface area contributed by atoms with Gasteiger partial charge in [0.25, 0.3) is 0 Å². The van der Waals surface area contributed by atoms with Crippen molar-refractivity contribution in [1.82, 2.24) is 4.40 Å². The van der Waals surface area contributed by atoms with Crippen LogP contribution in [0, 0.1) is 0 Å². The van der Waals surface area contributed by atoms with Gasteiger partial charge in [-0.15, -0.1) is 11.3 Å². The highest BCUT2D eigenvalue weighted by Crippen LogP contribution is 2.31. The number of thiazole rings is 1. The first kappa shape index (κ1) is 13.6. The number of benzene rings is 1. The average Bonchev–Trinajstić information content (AvgIpc) is 3.07. The van der Waals surface area contributed by atoms with Crippen molar-refractivity contribution in [2.45, 2.75) is 6.42 Å². The lowest BCUT2D eigenvalue weighted by molar-refractivity contribution is -0.139. The van der Waals surface area contributed by atoms with Crippen LogP contribution in [0.1, 0.15) is 16.2 Å². The molecule has 0 amide bonds. The number of carbonyl (C=O) groups excluding carboxylic acids is 2. The van der Waals surface area contributed by atoms with Crippen molar-refractivity contribution in [3.63, 3.8) is 0 Å². The third kappa shape index (κ3) is 2.36. The molecule has 1 aromatic carbocycles. The zero-order valence-electron chi connectivity index (χ0n) is 11.4. The summed E-state index contributed by atoms with van der Waals surface area (Å²) in [5.41, 5.74) is 3.20. The SMILES string of the molecule is COC(=O)Cc1csc2cc(-c3ccccc3)c(C=O)n12. The number of methoxy groups -OCH3 is 1. The Morgan fingerprint density at radius 3 is 2.76 bits per heavy atom. The van der Waals surface area contributed by atoms with Crippen LogP contribution >= 0.6 is 11.3 Å². The molecule has 0 aliphatic carbocycles. The normalized spacial score (nSPS) is 10.7. The molecule has 21 heavy (non-hydrogen) atoms. The van der Waals surface area contributed by atoms with Crippen LogP contribution in [-0.4, -0.2) is 23.8 Å². The topological polar surface area (TPSA) is 47.8 Å². The van der Waals surface area contributed by atoms with E-state index >= 15 is 0 Å². The minimum absolute atomic E-state index is 0.153. The number of hydrogen-bond donors (Lipinski definition) is 0. The molecule has 3 aromatic rings. The molecule has 2 aromatic heterocycles. The third-order valence-electron chi connectivity index (χ3n) is 3.36. The van der Waals surface area contributed by atoms with Gasteiger partial charge in [-0.05, 0) is 11.6 Å². The Balaban J connectivity index is 2.16. The van der Waals surface area contributed by atoms with Crippen LogP contribution in [0.5, 0.6) is 0 Å². The van der Waals surface area contributed by atoms with Crippen LogP contribution in [0.15, 0.2) is 41.8 Å². The minimum atomic E-state index is -0.318. The van der Waals surface area contributed by atoms with Gasteiger partial charge in [0.15, 0.2) is 6.29 Å². The molecule has 0 saturated heterocycles. The summed E-state index contributed by atoms with van der Waals surface area (Å²) in [4.78, 5) is 24.0. The zero-order chi connectivity index (χ0) is 14.8. The van der Waals surface area contributed by atoms with Gasteiger partial charge in [0, 0.05) is 16.6 Å². The number of fused-ring (bicyclic) bond motifs is 1. The summed E-state index contributed by atoms with van der Waals surface area (Å²) in [5.74, 6) is -0.318. The van der Waals surface area contributed by atoms with Crippen LogP contribution in [0.3, 0.4) is 0 Å². The molecule has 0 fully saturated rings. The molecule has 106 valence electrons. The second-order valence-electron chi connectivity index (χ2n) is 4.58. The lowest BCUT2D eigenvalue weighted by atomic mass is 10.1. The highest BCUT2D eigenvalue weighted by molar-refractivity contribution is 7.15. The van der Waals surface area contributed by atoms with Crippen molar-refractivity contribution in [2.75, 3.05) is 7.11 Å². The van der Waals surface area contributed by atoms with Gasteiger partial charge in [0.05, 0.1) is 19.2 Å². The predicted octanol–water partition coefficient (Wildman–Crippen LogP) is 3.20. The summed E-state index contributed by atoms with van der Waals surface area (Å²) < 4.78 is 6.53. The van der Waals surface area contributed by atoms with Crippen molar-refractivity contribution < 1.29 is 14.3 Å². The van der Waals surface area contributed by atoms with Gasteiger partial charge in [-0.3, -0.25) is 9.59 Å². The Morgan fingerprint density at radius 1 is 1.33 bits per heavy atom. The molecule has 0 aliphatic heterocycles. The molecule has 4 nitrogen and oxygen atoms in total. The van der Waals surface area contributed by atoms with Crippen molar-refractivity contribution in [3.05, 3.63) is 53.2 Å². The van der Waals surface area contributed by atoms with Gasteiger partial charge in [-0.25, -0.2) is 0 Å². The van der Waals surface area contributed by atoms with E-state index in [0.717, 1.165) is 27.9 Å². The van der Waals surface area contributed by atoms with E-state index in [1.165, 1.54) is 18.4 Å². The first-order valence-electron chi connectivity index (χ1n) is 6.44. The lowest BCUT2D eigenvalue weighted by Crippen LogP contribution is -2.07. The molecule has 3 rings (SSSR count). The number of ether oxygens (including phenoxy) is 1. The molecule has 0 bridgehead atoms. The molecule has 0 aliphatic rings. The maximum absolute atomic E-state index is 11.5. The summed E-state index contributed by atoms with van der Waals surface area (Å²) in [6.45, 7) is 0. The van der Waals surface area contributed by atoms with Gasteiger partial charge in [0.1, 0.15) is 4.83 Å². The van der Waals surface area contributed by atoms with Crippen LogP contribution < -0.4 is 0 Å². The van der Waals surface area contributed by atoms with E-state index in [1.807, 2.05) is 46.2 Å². The van der Waals surface area contributed by atoms with Gasteiger partial charge >= 0.3 is 5.97 Å². The first-order valence-corrected chi connectivity index (χ1v) is 7.31. The average molecular weight is 299 g/mol. The van der Waals surface area contributed by atoms with Gasteiger partial charge < -0.3 is 9.14 Å². The number of hydrogen-bond acceptors (Lipinski definition) is 4. The quantitative estimate of drug-likeness (QED) is 0.549. The van der Waals surface area contributed by atoms with Crippen molar-refractivity contribution in [3.8, 4) is 11.1 Å². The number of aldehydes is 1. The third-order valence-corrected chi connectivity index (χ3v) is 4.29. The zero-order valence-corrected chi connectivity index (χ0v) is 12.2. The standard InChI is InChI=1S/C16H13NO3S/c1-20-16(19)7-12-10-21-15-8-13(14(9-18)17(12)15)11-5-3-2-4-6-11/h2-6,8-10H,7H2,1H3.